The molecule has 0 radical (unpaired) electrons. The van der Waals surface area contributed by atoms with E-state index in [1.807, 2.05) is 20.8 Å². The van der Waals surface area contributed by atoms with Crippen LogP contribution in [0.3, 0.4) is 0 Å². The number of carbonyl (C=O) groups is 1. The van der Waals surface area contributed by atoms with E-state index < -0.39 is 5.60 Å². The summed E-state index contributed by atoms with van der Waals surface area (Å²) in [5.74, 6) is 0.419. The molecule has 1 aromatic heterocycles. The number of ether oxygens (including phenoxy) is 1. The van der Waals surface area contributed by atoms with Gasteiger partial charge in [-0.05, 0) is 59.6 Å². The predicted octanol–water partition coefficient (Wildman–Crippen LogP) is 4.15. The Labute approximate surface area is 139 Å². The first kappa shape index (κ1) is 18.5. The fourth-order valence-electron chi connectivity index (χ4n) is 1.74. The van der Waals surface area contributed by atoms with E-state index in [-0.39, 0.29) is 12.1 Å². The van der Waals surface area contributed by atoms with Crippen LogP contribution in [0.1, 0.15) is 40.2 Å². The second kappa shape index (κ2) is 8.15. The number of hydrogen-bond donors (Lipinski definition) is 2. The highest BCUT2D eigenvalue weighted by Crippen LogP contribution is 2.20. The molecule has 6 heteroatoms. The van der Waals surface area contributed by atoms with Gasteiger partial charge in [0, 0.05) is 19.1 Å². The maximum absolute atomic E-state index is 11.7. The maximum Gasteiger partial charge on any atom is 0.407 e. The van der Waals surface area contributed by atoms with Crippen molar-refractivity contribution >= 4 is 33.4 Å². The van der Waals surface area contributed by atoms with Crippen LogP contribution >= 0.6 is 27.3 Å². The molecule has 1 aromatic rings. The molecule has 0 saturated heterocycles. The van der Waals surface area contributed by atoms with Crippen LogP contribution in [0, 0.1) is 5.92 Å². The summed E-state index contributed by atoms with van der Waals surface area (Å²) >= 11 is 5.14. The number of nitrogens with one attached hydrogen (secondary N) is 2. The summed E-state index contributed by atoms with van der Waals surface area (Å²) in [6, 6.07) is 2.31. The van der Waals surface area contributed by atoms with Crippen LogP contribution in [0.2, 0.25) is 0 Å². The average Bonchev–Trinajstić information content (AvgIpc) is 2.72. The van der Waals surface area contributed by atoms with Gasteiger partial charge in [-0.25, -0.2) is 4.79 Å². The van der Waals surface area contributed by atoms with E-state index in [0.717, 1.165) is 10.3 Å². The van der Waals surface area contributed by atoms with E-state index in [2.05, 4.69) is 51.9 Å². The van der Waals surface area contributed by atoms with E-state index in [1.165, 1.54) is 5.56 Å². The van der Waals surface area contributed by atoms with Crippen molar-refractivity contribution in [3.8, 4) is 0 Å². The van der Waals surface area contributed by atoms with Crippen molar-refractivity contribution < 1.29 is 9.53 Å². The second-order valence-electron chi connectivity index (χ2n) is 6.37. The van der Waals surface area contributed by atoms with E-state index in [4.69, 9.17) is 4.74 Å². The van der Waals surface area contributed by atoms with E-state index in [1.54, 1.807) is 11.3 Å². The molecule has 0 fully saturated rings. The Kier molecular flexibility index (Phi) is 7.16. The Morgan fingerprint density at radius 1 is 1.43 bits per heavy atom. The van der Waals surface area contributed by atoms with Gasteiger partial charge in [0.25, 0.3) is 0 Å². The Morgan fingerprint density at radius 2 is 2.10 bits per heavy atom. The molecule has 0 aliphatic heterocycles. The number of rotatable bonds is 6. The fraction of sp³-hybridized carbons (Fsp3) is 0.667. The monoisotopic (exact) mass is 376 g/mol. The zero-order valence-corrected chi connectivity index (χ0v) is 15.7. The van der Waals surface area contributed by atoms with Crippen molar-refractivity contribution in [2.24, 2.45) is 5.92 Å². The quantitative estimate of drug-likeness (QED) is 0.783. The molecule has 120 valence electrons. The highest BCUT2D eigenvalue weighted by molar-refractivity contribution is 9.11. The largest absolute Gasteiger partial charge is 0.444 e. The molecule has 1 atom stereocenters. The normalized spacial score (nSPS) is 13.3. The lowest BCUT2D eigenvalue weighted by molar-refractivity contribution is 0.0519. The lowest BCUT2D eigenvalue weighted by atomic mass is 10.0. The minimum absolute atomic E-state index is 0.205. The third kappa shape index (κ3) is 7.83. The van der Waals surface area contributed by atoms with Crippen molar-refractivity contribution in [1.82, 2.24) is 10.6 Å². The Balaban J connectivity index is 2.41. The third-order valence-electron chi connectivity index (χ3n) is 2.86. The molecular formula is C15H25BrN2O2S. The van der Waals surface area contributed by atoms with Gasteiger partial charge in [-0.15, -0.1) is 11.3 Å². The first-order chi connectivity index (χ1) is 9.67. The zero-order valence-electron chi connectivity index (χ0n) is 13.3. The van der Waals surface area contributed by atoms with Crippen LogP contribution in [0.4, 0.5) is 4.79 Å². The SMILES string of the molecule is CC(C)C(CNC(=O)OC(C)(C)C)NCc1csc(Br)c1. The number of amides is 1. The number of carbonyl (C=O) groups excluding carboxylic acids is 1. The number of halogens is 1. The molecular weight excluding hydrogens is 352 g/mol. The molecule has 4 nitrogen and oxygen atoms in total. The van der Waals surface area contributed by atoms with Gasteiger partial charge >= 0.3 is 6.09 Å². The van der Waals surface area contributed by atoms with Gasteiger partial charge < -0.3 is 15.4 Å². The molecule has 0 aliphatic rings. The van der Waals surface area contributed by atoms with Crippen LogP contribution in [-0.4, -0.2) is 24.3 Å². The standard InChI is InChI=1S/C15H25BrN2O2S/c1-10(2)12(8-18-14(19)20-15(3,4)5)17-7-11-6-13(16)21-9-11/h6,9-10,12,17H,7-8H2,1-5H3,(H,18,19). The van der Waals surface area contributed by atoms with Crippen LogP contribution in [0.5, 0.6) is 0 Å². The summed E-state index contributed by atoms with van der Waals surface area (Å²) in [5.41, 5.74) is 0.781. The number of hydrogen-bond acceptors (Lipinski definition) is 4. The second-order valence-corrected chi connectivity index (χ2v) is 8.66. The average molecular weight is 377 g/mol. The molecule has 0 aliphatic carbocycles. The minimum atomic E-state index is -0.464. The van der Waals surface area contributed by atoms with Crippen molar-refractivity contribution in [3.05, 3.63) is 20.8 Å². The highest BCUT2D eigenvalue weighted by atomic mass is 79.9. The van der Waals surface area contributed by atoms with Crippen LogP contribution in [-0.2, 0) is 11.3 Å². The lowest BCUT2D eigenvalue weighted by Crippen LogP contribution is -2.45. The predicted molar refractivity (Wildman–Crippen MR) is 91.7 cm³/mol. The summed E-state index contributed by atoms with van der Waals surface area (Å²) in [6.45, 7) is 11.2. The van der Waals surface area contributed by atoms with Gasteiger partial charge in [-0.3, -0.25) is 0 Å². The maximum atomic E-state index is 11.7. The van der Waals surface area contributed by atoms with Gasteiger partial charge in [0.15, 0.2) is 0 Å². The number of thiophene rings is 1. The van der Waals surface area contributed by atoms with Crippen LogP contribution < -0.4 is 10.6 Å². The molecule has 0 spiro atoms. The fourth-order valence-corrected chi connectivity index (χ4v) is 2.95. The molecule has 0 bridgehead atoms. The Morgan fingerprint density at radius 3 is 2.57 bits per heavy atom. The summed E-state index contributed by atoms with van der Waals surface area (Å²) in [6.07, 6.45) is -0.367. The summed E-state index contributed by atoms with van der Waals surface area (Å²) in [7, 11) is 0. The third-order valence-corrected chi connectivity index (χ3v) is 4.41. The van der Waals surface area contributed by atoms with Gasteiger partial charge in [-0.2, -0.15) is 0 Å². The van der Waals surface area contributed by atoms with E-state index in [9.17, 15) is 4.79 Å². The van der Waals surface area contributed by atoms with Gasteiger partial charge in [-0.1, -0.05) is 13.8 Å². The van der Waals surface area contributed by atoms with Gasteiger partial charge in [0.2, 0.25) is 0 Å². The summed E-state index contributed by atoms with van der Waals surface area (Å²) in [4.78, 5) is 11.7. The minimum Gasteiger partial charge on any atom is -0.444 e. The summed E-state index contributed by atoms with van der Waals surface area (Å²) in [5, 5.41) is 8.44. The van der Waals surface area contributed by atoms with Crippen LogP contribution in [0.25, 0.3) is 0 Å². The lowest BCUT2D eigenvalue weighted by Gasteiger charge is -2.24. The Bertz CT molecular complexity index is 455. The van der Waals surface area contributed by atoms with Gasteiger partial charge in [0.05, 0.1) is 3.79 Å². The molecule has 0 aromatic carbocycles. The van der Waals surface area contributed by atoms with E-state index in [0.29, 0.717) is 12.5 Å². The van der Waals surface area contributed by atoms with Crippen LogP contribution in [0.15, 0.2) is 15.2 Å². The molecule has 1 unspecified atom stereocenters. The van der Waals surface area contributed by atoms with Crippen molar-refractivity contribution in [2.75, 3.05) is 6.54 Å². The molecule has 1 rings (SSSR count). The zero-order chi connectivity index (χ0) is 16.0. The van der Waals surface area contributed by atoms with Crippen molar-refractivity contribution in [1.29, 1.82) is 0 Å². The first-order valence-corrected chi connectivity index (χ1v) is 8.78. The van der Waals surface area contributed by atoms with Crippen molar-refractivity contribution in [3.63, 3.8) is 0 Å². The Hall–Kier alpha value is -0.590. The molecule has 1 amide bonds. The van der Waals surface area contributed by atoms with Gasteiger partial charge in [0.1, 0.15) is 5.60 Å². The number of alkyl carbamates (subject to hydrolysis) is 1. The van der Waals surface area contributed by atoms with E-state index >= 15 is 0 Å². The smallest absolute Gasteiger partial charge is 0.407 e. The molecule has 2 N–H and O–H groups in total. The first-order valence-electron chi connectivity index (χ1n) is 7.10. The molecule has 0 saturated carbocycles. The summed E-state index contributed by atoms with van der Waals surface area (Å²) < 4.78 is 6.38. The topological polar surface area (TPSA) is 50.4 Å². The molecule has 1 heterocycles. The highest BCUT2D eigenvalue weighted by Gasteiger charge is 2.18. The van der Waals surface area contributed by atoms with Crippen molar-refractivity contribution in [2.45, 2.75) is 52.8 Å². The molecule has 21 heavy (non-hydrogen) atoms.